The maximum Gasteiger partial charge on any atom is 0.159 e. The Kier molecular flexibility index (Phi) is 8.61. The van der Waals surface area contributed by atoms with Crippen molar-refractivity contribution in [2.45, 2.75) is 26.6 Å². The minimum Gasteiger partial charge on any atom is -0.353 e. The van der Waals surface area contributed by atoms with Crippen LogP contribution < -0.4 is 0 Å². The topological polar surface area (TPSA) is 30.8 Å². The first-order valence-electron chi connectivity index (χ1n) is 4.12. The third kappa shape index (κ3) is 6.43. The lowest BCUT2D eigenvalue weighted by Gasteiger charge is -2.14. The van der Waals surface area contributed by atoms with Crippen molar-refractivity contribution in [3.05, 3.63) is 0 Å². The summed E-state index contributed by atoms with van der Waals surface area (Å²) in [5.41, 5.74) is 0. The summed E-state index contributed by atoms with van der Waals surface area (Å²) in [5.74, 6) is 0. The molecule has 0 spiro atoms. The first-order chi connectivity index (χ1) is 5.85. The third-order valence-electron chi connectivity index (χ3n) is 1.25. The van der Waals surface area contributed by atoms with Crippen molar-refractivity contribution in [2.24, 2.45) is 4.99 Å². The molecule has 0 fully saturated rings. The number of nitrogens with zero attached hydrogens (tertiary/aromatic N) is 1. The second-order valence-corrected chi connectivity index (χ2v) is 2.28. The van der Waals surface area contributed by atoms with Crippen molar-refractivity contribution >= 4 is 17.4 Å². The number of ether oxygens (including phenoxy) is 2. The monoisotopic (exact) mass is 189 g/mol. The van der Waals surface area contributed by atoms with E-state index in [0.717, 1.165) is 6.42 Å². The van der Waals surface area contributed by atoms with Crippen LogP contribution in [-0.4, -0.2) is 31.2 Å². The summed E-state index contributed by atoms with van der Waals surface area (Å²) in [6.45, 7) is 5.81. The highest BCUT2D eigenvalue weighted by atomic mass is 32.1. The molecule has 0 N–H and O–H groups in total. The predicted octanol–water partition coefficient (Wildman–Crippen LogP) is 1.88. The lowest BCUT2D eigenvalue weighted by Crippen LogP contribution is -2.18. The van der Waals surface area contributed by atoms with Crippen molar-refractivity contribution in [3.63, 3.8) is 0 Å². The van der Waals surface area contributed by atoms with Crippen LogP contribution in [0.4, 0.5) is 0 Å². The van der Waals surface area contributed by atoms with Gasteiger partial charge >= 0.3 is 0 Å². The quantitative estimate of drug-likeness (QED) is 0.348. The second kappa shape index (κ2) is 8.81. The number of thiocarbonyl (C=S) groups is 1. The van der Waals surface area contributed by atoms with Crippen LogP contribution in [0.5, 0.6) is 0 Å². The summed E-state index contributed by atoms with van der Waals surface area (Å²) in [7, 11) is 0. The smallest absolute Gasteiger partial charge is 0.159 e. The molecular weight excluding hydrogens is 174 g/mol. The fraction of sp³-hybridized carbons (Fsp3) is 0.875. The van der Waals surface area contributed by atoms with Gasteiger partial charge in [-0.2, -0.15) is 0 Å². The van der Waals surface area contributed by atoms with Gasteiger partial charge in [0.05, 0.1) is 11.7 Å². The van der Waals surface area contributed by atoms with E-state index in [2.05, 4.69) is 22.4 Å². The van der Waals surface area contributed by atoms with Crippen LogP contribution in [0.2, 0.25) is 0 Å². The highest BCUT2D eigenvalue weighted by Crippen LogP contribution is 2.00. The zero-order valence-corrected chi connectivity index (χ0v) is 8.39. The Labute approximate surface area is 78.8 Å². The predicted molar refractivity (Wildman–Crippen MR) is 51.6 cm³/mol. The molecule has 0 aliphatic rings. The van der Waals surface area contributed by atoms with Crippen LogP contribution in [0.15, 0.2) is 4.99 Å². The average molecular weight is 189 g/mol. The van der Waals surface area contributed by atoms with Crippen LogP contribution in [0.3, 0.4) is 0 Å². The lowest BCUT2D eigenvalue weighted by molar-refractivity contribution is -0.137. The Balaban J connectivity index is 3.54. The average Bonchev–Trinajstić information content (AvgIpc) is 2.06. The Morgan fingerprint density at radius 2 is 1.92 bits per heavy atom. The molecule has 0 atom stereocenters. The summed E-state index contributed by atoms with van der Waals surface area (Å²) in [5, 5.41) is 2.30. The molecule has 0 aromatic rings. The lowest BCUT2D eigenvalue weighted by atomic mass is 10.4. The van der Waals surface area contributed by atoms with E-state index in [1.54, 1.807) is 0 Å². The van der Waals surface area contributed by atoms with Crippen LogP contribution >= 0.6 is 12.2 Å². The van der Waals surface area contributed by atoms with Gasteiger partial charge in [0, 0.05) is 19.6 Å². The van der Waals surface area contributed by atoms with Crippen LogP contribution in [0.1, 0.15) is 20.3 Å². The maximum absolute atomic E-state index is 5.28. The summed E-state index contributed by atoms with van der Waals surface area (Å²) in [6.07, 6.45) is 0.595. The number of hydrogen-bond donors (Lipinski definition) is 0. The zero-order valence-electron chi connectivity index (χ0n) is 7.58. The normalized spacial score (nSPS) is 9.92. The maximum atomic E-state index is 5.28. The van der Waals surface area contributed by atoms with Gasteiger partial charge in [-0.15, -0.1) is 0 Å². The number of hydrogen-bond acceptors (Lipinski definition) is 4. The van der Waals surface area contributed by atoms with E-state index < -0.39 is 0 Å². The highest BCUT2D eigenvalue weighted by Gasteiger charge is 2.05. The molecule has 70 valence electrons. The van der Waals surface area contributed by atoms with Gasteiger partial charge in [0.25, 0.3) is 0 Å². The molecule has 4 heteroatoms. The zero-order chi connectivity index (χ0) is 9.23. The first kappa shape index (κ1) is 11.7. The Bertz CT molecular complexity index is 140. The van der Waals surface area contributed by atoms with Gasteiger partial charge in [-0.3, -0.25) is 0 Å². The minimum atomic E-state index is -0.146. The second-order valence-electron chi connectivity index (χ2n) is 2.10. The van der Waals surface area contributed by atoms with Gasteiger partial charge in [-0.25, -0.2) is 4.99 Å². The van der Waals surface area contributed by atoms with Crippen LogP contribution in [0.25, 0.3) is 0 Å². The van der Waals surface area contributed by atoms with Crippen LogP contribution in [0, 0.1) is 0 Å². The van der Waals surface area contributed by atoms with E-state index >= 15 is 0 Å². The van der Waals surface area contributed by atoms with Crippen LogP contribution in [-0.2, 0) is 9.47 Å². The number of rotatable bonds is 7. The standard InChI is InChI=1S/C8H15NO2S/c1-3-10-8(11-4-2)5-6-9-7-12/h8H,3-6H2,1-2H3. The molecule has 0 radical (unpaired) electrons. The van der Waals surface area contributed by atoms with Crippen molar-refractivity contribution in [2.75, 3.05) is 19.8 Å². The molecule has 0 saturated heterocycles. The van der Waals surface area contributed by atoms with Gasteiger partial charge in [0.1, 0.15) is 0 Å². The summed E-state index contributed by atoms with van der Waals surface area (Å²) in [6, 6.07) is 0. The van der Waals surface area contributed by atoms with Gasteiger partial charge in [-0.05, 0) is 26.1 Å². The van der Waals surface area contributed by atoms with Crippen molar-refractivity contribution in [3.8, 4) is 0 Å². The molecular formula is C8H15NO2S. The molecule has 0 unspecified atom stereocenters. The van der Waals surface area contributed by atoms with E-state index in [4.69, 9.17) is 9.47 Å². The summed E-state index contributed by atoms with van der Waals surface area (Å²) < 4.78 is 10.6. The Hall–Kier alpha value is -0.280. The van der Waals surface area contributed by atoms with E-state index in [0.29, 0.717) is 19.8 Å². The van der Waals surface area contributed by atoms with E-state index in [9.17, 15) is 0 Å². The molecule has 0 saturated carbocycles. The molecule has 0 aromatic carbocycles. The number of aliphatic imine (C=N–C) groups is 1. The first-order valence-corrected chi connectivity index (χ1v) is 4.52. The molecule has 12 heavy (non-hydrogen) atoms. The molecule has 0 aromatic heterocycles. The van der Waals surface area contributed by atoms with Gasteiger partial charge < -0.3 is 9.47 Å². The number of isothiocyanates is 1. The van der Waals surface area contributed by atoms with Gasteiger partial charge in [-0.1, -0.05) is 0 Å². The summed E-state index contributed by atoms with van der Waals surface area (Å²) >= 11 is 4.43. The Morgan fingerprint density at radius 1 is 1.33 bits per heavy atom. The molecule has 0 heterocycles. The SMILES string of the molecule is CCOC(CCN=C=S)OCC. The van der Waals surface area contributed by atoms with E-state index in [1.807, 2.05) is 13.8 Å². The molecule has 0 aliphatic carbocycles. The van der Waals surface area contributed by atoms with E-state index in [-0.39, 0.29) is 6.29 Å². The molecule has 0 bridgehead atoms. The van der Waals surface area contributed by atoms with Crippen molar-refractivity contribution < 1.29 is 9.47 Å². The molecule has 0 amide bonds. The van der Waals surface area contributed by atoms with Crippen molar-refractivity contribution in [1.82, 2.24) is 0 Å². The Morgan fingerprint density at radius 3 is 2.33 bits per heavy atom. The van der Waals surface area contributed by atoms with Gasteiger partial charge in [0.2, 0.25) is 0 Å². The highest BCUT2D eigenvalue weighted by molar-refractivity contribution is 7.78. The van der Waals surface area contributed by atoms with Crippen molar-refractivity contribution in [1.29, 1.82) is 0 Å². The van der Waals surface area contributed by atoms with E-state index in [1.165, 1.54) is 0 Å². The summed E-state index contributed by atoms with van der Waals surface area (Å²) in [4.78, 5) is 3.78. The minimum absolute atomic E-state index is 0.146. The molecule has 3 nitrogen and oxygen atoms in total. The third-order valence-corrected chi connectivity index (χ3v) is 1.38. The molecule has 0 aliphatic heterocycles. The molecule has 0 rings (SSSR count). The largest absolute Gasteiger partial charge is 0.353 e. The fourth-order valence-corrected chi connectivity index (χ4v) is 0.893. The van der Waals surface area contributed by atoms with Gasteiger partial charge in [0.15, 0.2) is 6.29 Å². The fourth-order valence-electron chi connectivity index (χ4n) is 0.802.